The molecule has 5 rings (SSSR count). The third-order valence-electron chi connectivity index (χ3n) is 6.37. The Labute approximate surface area is 193 Å². The predicted molar refractivity (Wildman–Crippen MR) is 127 cm³/mol. The van der Waals surface area contributed by atoms with E-state index in [4.69, 9.17) is 4.98 Å². The van der Waals surface area contributed by atoms with E-state index in [0.29, 0.717) is 30.8 Å². The Morgan fingerprint density at radius 1 is 1.00 bits per heavy atom. The fourth-order valence-corrected chi connectivity index (χ4v) is 4.56. The van der Waals surface area contributed by atoms with Gasteiger partial charge in [0.05, 0.1) is 11.9 Å². The Balaban J connectivity index is 1.21. The van der Waals surface area contributed by atoms with Crippen molar-refractivity contribution < 1.29 is 4.79 Å². The van der Waals surface area contributed by atoms with E-state index >= 15 is 0 Å². The number of aryl methyl sites for hydroxylation is 1. The molecule has 0 atom stereocenters. The average Bonchev–Trinajstić information content (AvgIpc) is 3.35. The number of hydrogen-bond donors (Lipinski definition) is 1. The van der Waals surface area contributed by atoms with Crippen LogP contribution in [-0.4, -0.2) is 68.0 Å². The molecule has 3 heterocycles. The fourth-order valence-electron chi connectivity index (χ4n) is 4.56. The van der Waals surface area contributed by atoms with Gasteiger partial charge in [0.1, 0.15) is 5.82 Å². The highest BCUT2D eigenvalue weighted by Gasteiger charge is 2.25. The first-order valence-electron chi connectivity index (χ1n) is 11.8. The number of aromatic nitrogens is 5. The van der Waals surface area contributed by atoms with E-state index in [0.717, 1.165) is 30.3 Å². The van der Waals surface area contributed by atoms with Crippen LogP contribution in [0.1, 0.15) is 48.3 Å². The number of para-hydroxylation sites is 1. The van der Waals surface area contributed by atoms with E-state index in [9.17, 15) is 4.79 Å². The number of rotatable bonds is 5. The summed E-state index contributed by atoms with van der Waals surface area (Å²) in [6, 6.07) is 12.1. The van der Waals surface area contributed by atoms with Crippen LogP contribution < -0.4 is 10.2 Å². The SMILES string of the molecule is Cc1cc(N2CCN(C(=O)c3cnn(-c4ccccc4)n3)CC2)nc(NC2CCCCC2)n1. The highest BCUT2D eigenvalue weighted by molar-refractivity contribution is 5.92. The largest absolute Gasteiger partial charge is 0.353 e. The van der Waals surface area contributed by atoms with E-state index in [-0.39, 0.29) is 5.91 Å². The number of carbonyl (C=O) groups excluding carboxylic acids is 1. The first-order valence-corrected chi connectivity index (χ1v) is 11.8. The minimum Gasteiger partial charge on any atom is -0.353 e. The Morgan fingerprint density at radius 3 is 2.52 bits per heavy atom. The molecule has 1 saturated carbocycles. The second kappa shape index (κ2) is 9.56. The highest BCUT2D eigenvalue weighted by atomic mass is 16.2. The molecule has 1 amide bonds. The number of anilines is 2. The smallest absolute Gasteiger partial charge is 0.276 e. The van der Waals surface area contributed by atoms with Crippen LogP contribution in [0.2, 0.25) is 0 Å². The maximum atomic E-state index is 13.0. The molecule has 2 aromatic heterocycles. The van der Waals surface area contributed by atoms with Gasteiger partial charge in [0.2, 0.25) is 5.95 Å². The summed E-state index contributed by atoms with van der Waals surface area (Å²) < 4.78 is 0. The molecule has 0 spiro atoms. The van der Waals surface area contributed by atoms with Crippen LogP contribution in [0.3, 0.4) is 0 Å². The minimum absolute atomic E-state index is 0.0876. The number of benzene rings is 1. The van der Waals surface area contributed by atoms with Crippen molar-refractivity contribution in [1.29, 1.82) is 0 Å². The fraction of sp³-hybridized carbons (Fsp3) is 0.458. The van der Waals surface area contributed by atoms with Crippen molar-refractivity contribution in [3.05, 3.63) is 54.0 Å². The zero-order valence-corrected chi connectivity index (χ0v) is 19.0. The van der Waals surface area contributed by atoms with Gasteiger partial charge in [-0.15, -0.1) is 5.10 Å². The molecule has 9 heteroatoms. The zero-order chi connectivity index (χ0) is 22.6. The quantitative estimate of drug-likeness (QED) is 0.644. The van der Waals surface area contributed by atoms with Crippen molar-refractivity contribution in [3.8, 4) is 5.69 Å². The molecule has 1 aliphatic carbocycles. The molecule has 0 unspecified atom stereocenters. The maximum absolute atomic E-state index is 13.0. The molecule has 172 valence electrons. The Kier molecular flexibility index (Phi) is 6.19. The molecule has 1 saturated heterocycles. The van der Waals surface area contributed by atoms with Crippen LogP contribution in [0.25, 0.3) is 5.69 Å². The summed E-state index contributed by atoms with van der Waals surface area (Å²) in [5.74, 6) is 1.55. The molecular weight excluding hydrogens is 416 g/mol. The Morgan fingerprint density at radius 2 is 1.76 bits per heavy atom. The minimum atomic E-state index is -0.0876. The number of nitrogens with zero attached hydrogens (tertiary/aromatic N) is 7. The van der Waals surface area contributed by atoms with Gasteiger partial charge in [0, 0.05) is 44.0 Å². The van der Waals surface area contributed by atoms with E-state index < -0.39 is 0 Å². The molecule has 3 aromatic rings. The molecule has 0 radical (unpaired) electrons. The van der Waals surface area contributed by atoms with Gasteiger partial charge >= 0.3 is 0 Å². The van der Waals surface area contributed by atoms with E-state index in [1.54, 1.807) is 6.20 Å². The first-order chi connectivity index (χ1) is 16.2. The summed E-state index contributed by atoms with van der Waals surface area (Å²) >= 11 is 0. The van der Waals surface area contributed by atoms with Crippen LogP contribution in [-0.2, 0) is 0 Å². The molecule has 1 N–H and O–H groups in total. The van der Waals surface area contributed by atoms with Crippen LogP contribution in [0.15, 0.2) is 42.6 Å². The van der Waals surface area contributed by atoms with Gasteiger partial charge in [0.15, 0.2) is 5.69 Å². The van der Waals surface area contributed by atoms with Gasteiger partial charge in [-0.3, -0.25) is 4.79 Å². The lowest BCUT2D eigenvalue weighted by Gasteiger charge is -2.35. The molecule has 1 aliphatic heterocycles. The van der Waals surface area contributed by atoms with Crippen molar-refractivity contribution >= 4 is 17.7 Å². The Bertz CT molecular complexity index is 1080. The van der Waals surface area contributed by atoms with Crippen molar-refractivity contribution in [2.45, 2.75) is 45.1 Å². The third kappa shape index (κ3) is 4.97. The van der Waals surface area contributed by atoms with Gasteiger partial charge in [-0.2, -0.15) is 14.9 Å². The number of hydrogen-bond acceptors (Lipinski definition) is 7. The van der Waals surface area contributed by atoms with E-state index in [1.165, 1.54) is 36.9 Å². The topological polar surface area (TPSA) is 92.1 Å². The van der Waals surface area contributed by atoms with Gasteiger partial charge in [-0.1, -0.05) is 37.5 Å². The molecule has 2 aliphatic rings. The predicted octanol–water partition coefficient (Wildman–Crippen LogP) is 3.07. The summed E-state index contributed by atoms with van der Waals surface area (Å²) in [6.45, 7) is 4.68. The van der Waals surface area contributed by atoms with Crippen LogP contribution in [0.4, 0.5) is 11.8 Å². The number of piperazine rings is 1. The number of nitrogens with one attached hydrogen (secondary N) is 1. The van der Waals surface area contributed by atoms with E-state index in [2.05, 4.69) is 25.4 Å². The maximum Gasteiger partial charge on any atom is 0.276 e. The van der Waals surface area contributed by atoms with Crippen molar-refractivity contribution in [1.82, 2.24) is 29.9 Å². The average molecular weight is 447 g/mol. The number of amides is 1. The van der Waals surface area contributed by atoms with Gasteiger partial charge in [0.25, 0.3) is 5.91 Å². The van der Waals surface area contributed by atoms with Crippen LogP contribution >= 0.6 is 0 Å². The second-order valence-corrected chi connectivity index (χ2v) is 8.80. The van der Waals surface area contributed by atoms with E-state index in [1.807, 2.05) is 48.2 Å². The first kappa shape index (κ1) is 21.4. The van der Waals surface area contributed by atoms with Gasteiger partial charge in [-0.05, 0) is 31.9 Å². The molecular formula is C24H30N8O. The van der Waals surface area contributed by atoms with Crippen molar-refractivity contribution in [2.24, 2.45) is 0 Å². The van der Waals surface area contributed by atoms with Gasteiger partial charge < -0.3 is 15.1 Å². The third-order valence-corrected chi connectivity index (χ3v) is 6.37. The molecule has 33 heavy (non-hydrogen) atoms. The van der Waals surface area contributed by atoms with Crippen LogP contribution in [0.5, 0.6) is 0 Å². The van der Waals surface area contributed by atoms with Gasteiger partial charge in [-0.25, -0.2) is 4.98 Å². The molecule has 2 fully saturated rings. The lowest BCUT2D eigenvalue weighted by atomic mass is 9.96. The summed E-state index contributed by atoms with van der Waals surface area (Å²) in [7, 11) is 0. The van der Waals surface area contributed by atoms with Crippen LogP contribution in [0, 0.1) is 6.92 Å². The standard InChI is InChI=1S/C24H30N8O/c1-18-16-22(28-24(26-18)27-19-8-4-2-5-9-19)30-12-14-31(15-13-30)23(33)21-17-25-32(29-21)20-10-6-3-7-11-20/h3,6-7,10-11,16-17,19H,2,4-5,8-9,12-15H2,1H3,(H,26,27,28). The molecule has 0 bridgehead atoms. The monoisotopic (exact) mass is 446 g/mol. The summed E-state index contributed by atoms with van der Waals surface area (Å²) in [4.78, 5) is 27.9. The molecule has 1 aromatic carbocycles. The molecule has 9 nitrogen and oxygen atoms in total. The summed E-state index contributed by atoms with van der Waals surface area (Å²) in [5.41, 5.74) is 2.15. The summed E-state index contributed by atoms with van der Waals surface area (Å²) in [5, 5.41) is 12.2. The second-order valence-electron chi connectivity index (χ2n) is 8.80. The van der Waals surface area contributed by atoms with Crippen molar-refractivity contribution in [3.63, 3.8) is 0 Å². The zero-order valence-electron chi connectivity index (χ0n) is 19.0. The number of carbonyl (C=O) groups is 1. The summed E-state index contributed by atoms with van der Waals surface area (Å²) in [6.07, 6.45) is 7.77. The Hall–Kier alpha value is -3.49. The normalized spacial score (nSPS) is 17.2. The lowest BCUT2D eigenvalue weighted by Crippen LogP contribution is -2.49. The van der Waals surface area contributed by atoms with Crippen molar-refractivity contribution in [2.75, 3.05) is 36.4 Å². The lowest BCUT2D eigenvalue weighted by molar-refractivity contribution is 0.0740. The highest BCUT2D eigenvalue weighted by Crippen LogP contribution is 2.22.